The summed E-state index contributed by atoms with van der Waals surface area (Å²) >= 11 is 14.7. The van der Waals surface area contributed by atoms with E-state index in [2.05, 4.69) is 0 Å². The Kier molecular flexibility index (Phi) is 6.29. The second-order valence-corrected chi connectivity index (χ2v) is 9.43. The summed E-state index contributed by atoms with van der Waals surface area (Å²) in [6.07, 6.45) is 1.58. The predicted octanol–water partition coefficient (Wildman–Crippen LogP) is 7.28. The molecule has 0 radical (unpaired) electrons. The van der Waals surface area contributed by atoms with Gasteiger partial charge < -0.3 is 4.42 Å². The lowest BCUT2D eigenvalue weighted by Crippen LogP contribution is -2.27. The third-order valence-corrected chi connectivity index (χ3v) is 6.91. The van der Waals surface area contributed by atoms with Crippen LogP contribution in [-0.4, -0.2) is 16.0 Å². The fourth-order valence-corrected chi connectivity index (χ4v) is 4.91. The van der Waals surface area contributed by atoms with Gasteiger partial charge in [-0.2, -0.15) is 0 Å². The Bertz CT molecular complexity index is 1140. The van der Waals surface area contributed by atoms with Crippen LogP contribution in [0.4, 0.5) is 4.79 Å². The summed E-state index contributed by atoms with van der Waals surface area (Å²) in [5.41, 5.74) is 1.73. The highest BCUT2D eigenvalue weighted by atomic mass is 35.5. The minimum Gasteiger partial charge on any atom is -0.450 e. The molecule has 4 rings (SSSR count). The van der Waals surface area contributed by atoms with Crippen LogP contribution in [0.25, 0.3) is 6.08 Å². The van der Waals surface area contributed by atoms with Crippen molar-refractivity contribution in [2.45, 2.75) is 23.5 Å². The van der Waals surface area contributed by atoms with Gasteiger partial charge in [0.15, 0.2) is 5.09 Å². The van der Waals surface area contributed by atoms with Gasteiger partial charge in [-0.25, -0.2) is 0 Å². The smallest absolute Gasteiger partial charge is 0.293 e. The Hall–Kier alpha value is -2.12. The standard InChI is InChI=1S/C22H15Cl2NO3S2/c1-13-5-8-15(9-6-13)29-20-10-7-14(28-20)11-19-21(26)25(22(27)30-19)12-16-17(23)3-2-4-18(16)24/h2-11H,12H2,1H3/b19-11-. The van der Waals surface area contributed by atoms with Crippen LogP contribution in [0.15, 0.2) is 73.9 Å². The molecule has 1 aliphatic rings. The molecule has 2 heterocycles. The molecule has 30 heavy (non-hydrogen) atoms. The van der Waals surface area contributed by atoms with Crippen molar-refractivity contribution in [3.8, 4) is 0 Å². The van der Waals surface area contributed by atoms with Gasteiger partial charge in [-0.05, 0) is 55.1 Å². The SMILES string of the molecule is Cc1ccc(Sc2ccc(/C=C3\SC(=O)N(Cc4c(Cl)cccc4Cl)C3=O)o2)cc1. The molecule has 0 atom stereocenters. The number of imide groups is 1. The Morgan fingerprint density at radius 2 is 1.73 bits per heavy atom. The van der Waals surface area contributed by atoms with Crippen LogP contribution >= 0.6 is 46.7 Å². The van der Waals surface area contributed by atoms with Gasteiger partial charge in [0.1, 0.15) is 5.76 Å². The zero-order chi connectivity index (χ0) is 21.3. The van der Waals surface area contributed by atoms with Crippen molar-refractivity contribution >= 4 is 63.9 Å². The van der Waals surface area contributed by atoms with Gasteiger partial charge >= 0.3 is 0 Å². The van der Waals surface area contributed by atoms with E-state index in [1.807, 2.05) is 37.3 Å². The molecule has 1 aromatic heterocycles. The molecule has 4 nitrogen and oxygen atoms in total. The fraction of sp³-hybridized carbons (Fsp3) is 0.0909. The first-order valence-corrected chi connectivity index (χ1v) is 11.3. The molecular weight excluding hydrogens is 461 g/mol. The average Bonchev–Trinajstić information content (AvgIpc) is 3.25. The number of thioether (sulfide) groups is 1. The summed E-state index contributed by atoms with van der Waals surface area (Å²) in [6, 6.07) is 16.8. The third-order valence-electron chi connectivity index (χ3n) is 4.37. The van der Waals surface area contributed by atoms with Crippen LogP contribution in [-0.2, 0) is 11.3 Å². The van der Waals surface area contributed by atoms with E-state index in [9.17, 15) is 9.59 Å². The second-order valence-electron chi connectivity index (χ2n) is 6.54. The van der Waals surface area contributed by atoms with E-state index in [1.54, 1.807) is 30.3 Å². The fourth-order valence-electron chi connectivity index (χ4n) is 2.80. The largest absolute Gasteiger partial charge is 0.450 e. The van der Waals surface area contributed by atoms with Crippen molar-refractivity contribution in [3.63, 3.8) is 0 Å². The first-order chi connectivity index (χ1) is 14.4. The molecule has 0 spiro atoms. The minimum absolute atomic E-state index is 0.0210. The summed E-state index contributed by atoms with van der Waals surface area (Å²) < 4.78 is 5.80. The van der Waals surface area contributed by atoms with E-state index in [4.69, 9.17) is 27.6 Å². The summed E-state index contributed by atoms with van der Waals surface area (Å²) in [7, 11) is 0. The van der Waals surface area contributed by atoms with Crippen molar-refractivity contribution in [2.75, 3.05) is 0 Å². The molecule has 3 aromatic rings. The molecule has 0 bridgehead atoms. The molecule has 1 aliphatic heterocycles. The van der Waals surface area contributed by atoms with Gasteiger partial charge in [-0.3, -0.25) is 14.5 Å². The van der Waals surface area contributed by atoms with Crippen molar-refractivity contribution in [1.29, 1.82) is 0 Å². The maximum atomic E-state index is 12.8. The normalized spacial score (nSPS) is 15.4. The van der Waals surface area contributed by atoms with Crippen molar-refractivity contribution in [1.82, 2.24) is 4.90 Å². The summed E-state index contributed by atoms with van der Waals surface area (Å²) in [5, 5.41) is 1.15. The highest BCUT2D eigenvalue weighted by molar-refractivity contribution is 8.18. The predicted molar refractivity (Wildman–Crippen MR) is 122 cm³/mol. The summed E-state index contributed by atoms with van der Waals surface area (Å²) in [6.45, 7) is 2.05. The lowest BCUT2D eigenvalue weighted by molar-refractivity contribution is -0.123. The van der Waals surface area contributed by atoms with Crippen molar-refractivity contribution in [2.24, 2.45) is 0 Å². The van der Waals surface area contributed by atoms with Gasteiger partial charge in [0.05, 0.1) is 11.4 Å². The van der Waals surface area contributed by atoms with E-state index in [0.717, 1.165) is 21.6 Å². The highest BCUT2D eigenvalue weighted by Crippen LogP contribution is 2.36. The van der Waals surface area contributed by atoms with Gasteiger partial charge in [0.2, 0.25) is 0 Å². The van der Waals surface area contributed by atoms with Gasteiger partial charge in [0.25, 0.3) is 11.1 Å². The molecule has 1 fully saturated rings. The molecule has 0 aliphatic carbocycles. The highest BCUT2D eigenvalue weighted by Gasteiger charge is 2.36. The maximum Gasteiger partial charge on any atom is 0.293 e. The first-order valence-electron chi connectivity index (χ1n) is 8.93. The Labute approximate surface area is 192 Å². The average molecular weight is 476 g/mol. The number of halogens is 2. The van der Waals surface area contributed by atoms with Crippen LogP contribution in [0.5, 0.6) is 0 Å². The topological polar surface area (TPSA) is 50.5 Å². The number of benzene rings is 2. The Balaban J connectivity index is 1.49. The minimum atomic E-state index is -0.398. The lowest BCUT2D eigenvalue weighted by Gasteiger charge is -2.14. The molecule has 1 saturated heterocycles. The maximum absolute atomic E-state index is 12.8. The zero-order valence-electron chi connectivity index (χ0n) is 15.7. The van der Waals surface area contributed by atoms with Crippen LogP contribution < -0.4 is 0 Å². The monoisotopic (exact) mass is 475 g/mol. The number of aryl methyl sites for hydroxylation is 1. The number of nitrogens with zero attached hydrogens (tertiary/aromatic N) is 1. The van der Waals surface area contributed by atoms with E-state index >= 15 is 0 Å². The third kappa shape index (κ3) is 4.62. The number of carbonyl (C=O) groups excluding carboxylic acids is 2. The van der Waals surface area contributed by atoms with Crippen LogP contribution in [0.2, 0.25) is 10.0 Å². The van der Waals surface area contributed by atoms with Gasteiger partial charge in [-0.15, -0.1) is 0 Å². The van der Waals surface area contributed by atoms with E-state index in [-0.39, 0.29) is 11.8 Å². The molecule has 0 N–H and O–H groups in total. The zero-order valence-corrected chi connectivity index (χ0v) is 18.9. The van der Waals surface area contributed by atoms with Crippen molar-refractivity contribution in [3.05, 3.63) is 86.4 Å². The second kappa shape index (κ2) is 8.94. The lowest BCUT2D eigenvalue weighted by atomic mass is 10.2. The number of furan rings is 1. The summed E-state index contributed by atoms with van der Waals surface area (Å²) in [4.78, 5) is 27.6. The summed E-state index contributed by atoms with van der Waals surface area (Å²) in [5.74, 6) is 0.107. The van der Waals surface area contributed by atoms with Crippen molar-refractivity contribution < 1.29 is 14.0 Å². The van der Waals surface area contributed by atoms with E-state index in [0.29, 0.717) is 31.4 Å². The Morgan fingerprint density at radius 1 is 1.03 bits per heavy atom. The number of amides is 2. The van der Waals surface area contributed by atoms with Gasteiger partial charge in [0, 0.05) is 26.6 Å². The number of carbonyl (C=O) groups is 2. The van der Waals surface area contributed by atoms with Crippen LogP contribution in [0.1, 0.15) is 16.9 Å². The number of hydrogen-bond acceptors (Lipinski definition) is 5. The van der Waals surface area contributed by atoms with Crippen LogP contribution in [0, 0.1) is 6.92 Å². The number of hydrogen-bond donors (Lipinski definition) is 0. The molecule has 8 heteroatoms. The van der Waals surface area contributed by atoms with E-state index in [1.165, 1.54) is 17.3 Å². The quantitative estimate of drug-likeness (QED) is 0.362. The number of rotatable bonds is 5. The molecule has 0 unspecified atom stereocenters. The molecule has 2 amide bonds. The van der Waals surface area contributed by atoms with E-state index < -0.39 is 5.91 Å². The molecule has 0 saturated carbocycles. The molecule has 152 valence electrons. The van der Waals surface area contributed by atoms with Gasteiger partial charge in [-0.1, -0.05) is 58.7 Å². The van der Waals surface area contributed by atoms with Crippen LogP contribution in [0.3, 0.4) is 0 Å². The molecule has 2 aromatic carbocycles. The Morgan fingerprint density at radius 3 is 2.43 bits per heavy atom. The molecular formula is C22H15Cl2NO3S2. The first kappa shape index (κ1) is 21.1.